The van der Waals surface area contributed by atoms with Crippen molar-refractivity contribution in [1.82, 2.24) is 21.3 Å². The number of benzene rings is 1. The van der Waals surface area contributed by atoms with Gasteiger partial charge in [-0.1, -0.05) is 18.2 Å². The molecule has 0 spiro atoms. The summed E-state index contributed by atoms with van der Waals surface area (Å²) < 4.78 is 5.16. The number of likely N-dealkylation sites (N-methyl/N-ethyl adjacent to an activating group) is 1. The Morgan fingerprint density at radius 1 is 1.06 bits per heavy atom. The predicted molar refractivity (Wildman–Crippen MR) is 124 cm³/mol. The zero-order valence-corrected chi connectivity index (χ0v) is 19.4. The summed E-state index contributed by atoms with van der Waals surface area (Å²) in [4.78, 5) is 40.9. The number of hydrogen-bond acceptors (Lipinski definition) is 6. The molecule has 0 fully saturated rings. The molecule has 1 aromatic rings. The number of rotatable bonds is 12. The average molecular weight is 449 g/mol. The van der Waals surface area contributed by atoms with Gasteiger partial charge in [-0.15, -0.1) is 0 Å². The average Bonchev–Trinajstić information content (AvgIpc) is 2.69. The van der Waals surface area contributed by atoms with E-state index < -0.39 is 29.9 Å². The van der Waals surface area contributed by atoms with E-state index in [1.54, 1.807) is 27.8 Å². The van der Waals surface area contributed by atoms with Crippen LogP contribution in [0.1, 0.15) is 40.0 Å². The molecule has 0 bridgehead atoms. The number of ether oxygens (including phenoxy) is 1. The van der Waals surface area contributed by atoms with E-state index in [9.17, 15) is 14.4 Å². The second-order valence-electron chi connectivity index (χ2n) is 8.18. The van der Waals surface area contributed by atoms with Crippen LogP contribution >= 0.6 is 0 Å². The molecular formula is C22H36N6O4. The Bertz CT molecular complexity index is 761. The molecule has 10 heteroatoms. The molecule has 1 atom stereocenters. The van der Waals surface area contributed by atoms with Gasteiger partial charge in [0.15, 0.2) is 5.96 Å². The minimum atomic E-state index is -0.782. The molecule has 178 valence electrons. The number of hydrogen-bond donors (Lipinski definition) is 5. The van der Waals surface area contributed by atoms with Crippen molar-refractivity contribution in [2.75, 3.05) is 26.7 Å². The quantitative estimate of drug-likeness (QED) is 0.103. The summed E-state index contributed by atoms with van der Waals surface area (Å²) in [6.07, 6.45) is 0.450. The van der Waals surface area contributed by atoms with Crippen LogP contribution in [-0.2, 0) is 19.1 Å². The first-order valence-corrected chi connectivity index (χ1v) is 10.7. The Morgan fingerprint density at radius 2 is 1.75 bits per heavy atom. The van der Waals surface area contributed by atoms with E-state index in [0.717, 1.165) is 5.69 Å². The fraction of sp³-hybridized carbons (Fsp3) is 0.545. The zero-order chi connectivity index (χ0) is 24.0. The number of nitrogens with two attached hydrogens (primary N) is 1. The van der Waals surface area contributed by atoms with Gasteiger partial charge in [0.25, 0.3) is 0 Å². The number of nitrogens with one attached hydrogen (secondary N) is 4. The van der Waals surface area contributed by atoms with Gasteiger partial charge in [0.05, 0.1) is 5.69 Å². The third-order valence-corrected chi connectivity index (χ3v) is 4.03. The van der Waals surface area contributed by atoms with Gasteiger partial charge in [-0.3, -0.25) is 14.4 Å². The van der Waals surface area contributed by atoms with Crippen molar-refractivity contribution in [2.45, 2.75) is 51.7 Å². The highest BCUT2D eigenvalue weighted by atomic mass is 16.6. The standard InChI is InChI=1S/C22H36N6O4/c1-22(2,3)32-19(30)15-18(29)28-17(20(31)25-14-13-24-4)11-8-12-26-21(23)27-16-9-6-5-7-10-16/h5-7,9-10,17,24H,8,11-15H2,1-4H3,(H,25,31)(H,28,29)(H3,23,26,27)/t17-/m0/s1. The number of aliphatic imine (C=N–C) groups is 1. The minimum absolute atomic E-state index is 0.264. The molecule has 0 aliphatic carbocycles. The summed E-state index contributed by atoms with van der Waals surface area (Å²) in [5.41, 5.74) is 5.92. The summed E-state index contributed by atoms with van der Waals surface area (Å²) in [6.45, 7) is 6.65. The van der Waals surface area contributed by atoms with E-state index in [0.29, 0.717) is 32.5 Å². The van der Waals surface area contributed by atoms with Crippen molar-refractivity contribution in [3.05, 3.63) is 30.3 Å². The number of amides is 2. The highest BCUT2D eigenvalue weighted by Gasteiger charge is 2.23. The van der Waals surface area contributed by atoms with Crippen molar-refractivity contribution in [2.24, 2.45) is 10.7 Å². The third kappa shape index (κ3) is 12.5. The molecule has 6 N–H and O–H groups in total. The molecule has 2 amide bonds. The highest BCUT2D eigenvalue weighted by Crippen LogP contribution is 2.09. The van der Waals surface area contributed by atoms with Crippen molar-refractivity contribution >= 4 is 29.4 Å². The largest absolute Gasteiger partial charge is 0.460 e. The van der Waals surface area contributed by atoms with Crippen LogP contribution < -0.4 is 27.0 Å². The van der Waals surface area contributed by atoms with E-state index in [-0.39, 0.29) is 11.9 Å². The van der Waals surface area contributed by atoms with Gasteiger partial charge < -0.3 is 31.7 Å². The lowest BCUT2D eigenvalue weighted by Gasteiger charge is -2.21. The summed E-state index contributed by atoms with van der Waals surface area (Å²) in [6, 6.07) is 8.50. The highest BCUT2D eigenvalue weighted by molar-refractivity contribution is 5.96. The Kier molecular flexibility index (Phi) is 11.8. The lowest BCUT2D eigenvalue weighted by molar-refractivity contribution is -0.156. The van der Waals surface area contributed by atoms with Crippen molar-refractivity contribution in [3.63, 3.8) is 0 Å². The fourth-order valence-corrected chi connectivity index (χ4v) is 2.66. The Balaban J connectivity index is 2.57. The maximum Gasteiger partial charge on any atom is 0.315 e. The maximum absolute atomic E-state index is 12.5. The number of nitrogens with zero attached hydrogens (tertiary/aromatic N) is 1. The molecule has 0 aliphatic rings. The molecule has 10 nitrogen and oxygen atoms in total. The van der Waals surface area contributed by atoms with Gasteiger partial charge in [-0.05, 0) is 52.8 Å². The lowest BCUT2D eigenvalue weighted by atomic mass is 10.1. The van der Waals surface area contributed by atoms with Gasteiger partial charge in [0.2, 0.25) is 11.8 Å². The van der Waals surface area contributed by atoms with Gasteiger partial charge >= 0.3 is 5.97 Å². The number of esters is 1. The SMILES string of the molecule is CNCCNC(=O)[C@H](CCCN/C(N)=N/c1ccccc1)NC(=O)CC(=O)OC(C)(C)C. The normalized spacial score (nSPS) is 12.6. The van der Waals surface area contributed by atoms with Crippen LogP contribution in [0.5, 0.6) is 0 Å². The van der Waals surface area contributed by atoms with Crippen LogP contribution in [0.25, 0.3) is 0 Å². The molecule has 1 aromatic carbocycles. The predicted octanol–water partition coefficient (Wildman–Crippen LogP) is 0.555. The summed E-state index contributed by atoms with van der Waals surface area (Å²) >= 11 is 0. The minimum Gasteiger partial charge on any atom is -0.460 e. The monoisotopic (exact) mass is 448 g/mol. The molecule has 0 aromatic heterocycles. The summed E-state index contributed by atoms with van der Waals surface area (Å²) in [5, 5.41) is 11.3. The first-order valence-electron chi connectivity index (χ1n) is 10.7. The maximum atomic E-state index is 12.5. The van der Waals surface area contributed by atoms with Crippen molar-refractivity contribution < 1.29 is 19.1 Å². The smallest absolute Gasteiger partial charge is 0.315 e. The first-order chi connectivity index (χ1) is 15.1. The first kappa shape index (κ1) is 26.9. The number of guanidine groups is 1. The topological polar surface area (TPSA) is 147 Å². The summed E-state index contributed by atoms with van der Waals surface area (Å²) in [5.74, 6) is -1.26. The van der Waals surface area contributed by atoms with Crippen LogP contribution in [-0.4, -0.2) is 62.1 Å². The summed E-state index contributed by atoms with van der Waals surface area (Å²) in [7, 11) is 1.78. The second-order valence-corrected chi connectivity index (χ2v) is 8.18. The van der Waals surface area contributed by atoms with Gasteiger partial charge in [0.1, 0.15) is 18.1 Å². The van der Waals surface area contributed by atoms with E-state index >= 15 is 0 Å². The van der Waals surface area contributed by atoms with Crippen molar-refractivity contribution in [3.8, 4) is 0 Å². The fourth-order valence-electron chi connectivity index (χ4n) is 2.66. The van der Waals surface area contributed by atoms with E-state index in [4.69, 9.17) is 10.5 Å². The van der Waals surface area contributed by atoms with Crippen LogP contribution in [0, 0.1) is 0 Å². The van der Waals surface area contributed by atoms with Crippen LogP contribution in [0.2, 0.25) is 0 Å². The molecular weight excluding hydrogens is 412 g/mol. The molecule has 0 heterocycles. The van der Waals surface area contributed by atoms with Gasteiger partial charge in [-0.2, -0.15) is 0 Å². The second kappa shape index (κ2) is 14.0. The van der Waals surface area contributed by atoms with Gasteiger partial charge in [0, 0.05) is 19.6 Å². The van der Waals surface area contributed by atoms with Crippen LogP contribution in [0.4, 0.5) is 5.69 Å². The van der Waals surface area contributed by atoms with Gasteiger partial charge in [-0.25, -0.2) is 4.99 Å². The molecule has 0 saturated heterocycles. The molecule has 0 saturated carbocycles. The molecule has 32 heavy (non-hydrogen) atoms. The molecule has 0 aliphatic heterocycles. The number of para-hydroxylation sites is 1. The molecule has 1 rings (SSSR count). The number of carbonyl (C=O) groups excluding carboxylic acids is 3. The van der Waals surface area contributed by atoms with E-state index in [1.165, 1.54) is 0 Å². The number of carbonyl (C=O) groups is 3. The Morgan fingerprint density at radius 3 is 2.38 bits per heavy atom. The molecule has 0 unspecified atom stereocenters. The van der Waals surface area contributed by atoms with Crippen LogP contribution in [0.3, 0.4) is 0 Å². The van der Waals surface area contributed by atoms with Crippen molar-refractivity contribution in [1.29, 1.82) is 0 Å². The lowest BCUT2D eigenvalue weighted by Crippen LogP contribution is -2.48. The Hall–Kier alpha value is -3.14. The van der Waals surface area contributed by atoms with E-state index in [2.05, 4.69) is 26.3 Å². The van der Waals surface area contributed by atoms with E-state index in [1.807, 2.05) is 30.3 Å². The Labute approximate surface area is 189 Å². The molecule has 0 radical (unpaired) electrons. The zero-order valence-electron chi connectivity index (χ0n) is 19.4. The third-order valence-electron chi connectivity index (χ3n) is 4.03. The van der Waals surface area contributed by atoms with Crippen LogP contribution in [0.15, 0.2) is 35.3 Å².